The second-order valence-corrected chi connectivity index (χ2v) is 7.93. The molecule has 1 aliphatic rings. The zero-order chi connectivity index (χ0) is 18.7. The number of amides is 1. The minimum Gasteiger partial charge on any atom is -0.325 e. The van der Waals surface area contributed by atoms with Crippen molar-refractivity contribution in [2.45, 2.75) is 56.7 Å². The Morgan fingerprint density at radius 2 is 2.15 bits per heavy atom. The Morgan fingerprint density at radius 1 is 1.35 bits per heavy atom. The third-order valence-corrected chi connectivity index (χ3v) is 6.06. The summed E-state index contributed by atoms with van der Waals surface area (Å²) in [5.41, 5.74) is 5.89. The van der Waals surface area contributed by atoms with Crippen molar-refractivity contribution in [2.75, 3.05) is 5.32 Å². The average molecular weight is 366 g/mol. The fraction of sp³-hybridized carbons (Fsp3) is 0.381. The first-order valence-corrected chi connectivity index (χ1v) is 9.87. The number of carbonyl (C=O) groups is 1. The fourth-order valence-corrected chi connectivity index (χ4v) is 4.24. The molecule has 1 N–H and O–H groups in total. The van der Waals surface area contributed by atoms with Gasteiger partial charge in [-0.1, -0.05) is 36.4 Å². The van der Waals surface area contributed by atoms with Crippen molar-refractivity contribution in [1.82, 2.24) is 4.98 Å². The molecule has 0 radical (unpaired) electrons. The number of fused-ring (bicyclic) bond motifs is 1. The predicted octanol–water partition coefficient (Wildman–Crippen LogP) is 4.57. The van der Waals surface area contributed by atoms with Crippen molar-refractivity contribution in [3.05, 3.63) is 52.2 Å². The third kappa shape index (κ3) is 3.91. The number of rotatable bonds is 5. The molecule has 1 unspecified atom stereocenters. The Balaban J connectivity index is 1.79. The normalized spacial score (nSPS) is 13.8. The summed E-state index contributed by atoms with van der Waals surface area (Å²) in [6.07, 6.45) is 3.71. The van der Waals surface area contributed by atoms with Crippen LogP contribution in [0.1, 0.15) is 47.7 Å². The molecule has 5 heteroatoms. The summed E-state index contributed by atoms with van der Waals surface area (Å²) in [7, 11) is 0. The molecule has 1 atom stereocenters. The number of benzene rings is 1. The van der Waals surface area contributed by atoms with E-state index in [4.69, 9.17) is 4.98 Å². The standard InChI is InChI=1S/C21H23N3OS/c1-4-19(20(25)23-17-9-8-13(2)10-14(17)3)26-21-16(12-22)11-15-6-5-7-18(15)24-21/h8-11,19H,4-7H2,1-3H3,(H,23,25). The van der Waals surface area contributed by atoms with E-state index < -0.39 is 0 Å². The first-order chi connectivity index (χ1) is 12.5. The molecule has 2 aromatic rings. The number of aryl methyl sites for hydroxylation is 4. The van der Waals surface area contributed by atoms with Gasteiger partial charge in [0.05, 0.1) is 10.8 Å². The number of nitrogens with one attached hydrogen (secondary N) is 1. The van der Waals surface area contributed by atoms with Crippen molar-refractivity contribution in [1.29, 1.82) is 5.26 Å². The maximum absolute atomic E-state index is 12.8. The molecule has 1 amide bonds. The van der Waals surface area contributed by atoms with Gasteiger partial charge in [-0.2, -0.15) is 5.26 Å². The number of hydrogen-bond donors (Lipinski definition) is 1. The summed E-state index contributed by atoms with van der Waals surface area (Å²) >= 11 is 1.40. The first kappa shape index (κ1) is 18.5. The highest BCUT2D eigenvalue weighted by atomic mass is 32.2. The van der Waals surface area contributed by atoms with Crippen LogP contribution in [0.2, 0.25) is 0 Å². The summed E-state index contributed by atoms with van der Waals surface area (Å²) in [4.78, 5) is 17.5. The lowest BCUT2D eigenvalue weighted by molar-refractivity contribution is -0.115. The molecule has 0 saturated heterocycles. The smallest absolute Gasteiger partial charge is 0.237 e. The quantitative estimate of drug-likeness (QED) is 0.788. The number of nitrogens with zero attached hydrogens (tertiary/aromatic N) is 2. The molecule has 1 aromatic carbocycles. The van der Waals surface area contributed by atoms with Gasteiger partial charge in [0.1, 0.15) is 11.1 Å². The van der Waals surface area contributed by atoms with Crippen LogP contribution in [-0.4, -0.2) is 16.1 Å². The number of nitriles is 1. The van der Waals surface area contributed by atoms with Gasteiger partial charge in [-0.15, -0.1) is 0 Å². The number of anilines is 1. The minimum absolute atomic E-state index is 0.0457. The monoisotopic (exact) mass is 365 g/mol. The van der Waals surface area contributed by atoms with Gasteiger partial charge in [0.25, 0.3) is 0 Å². The van der Waals surface area contributed by atoms with Crippen LogP contribution in [0.5, 0.6) is 0 Å². The van der Waals surface area contributed by atoms with Crippen LogP contribution in [0.25, 0.3) is 0 Å². The molecule has 0 aliphatic heterocycles. The van der Waals surface area contributed by atoms with Gasteiger partial charge < -0.3 is 5.32 Å². The van der Waals surface area contributed by atoms with Crippen LogP contribution in [0.3, 0.4) is 0 Å². The van der Waals surface area contributed by atoms with Crippen LogP contribution in [0, 0.1) is 25.2 Å². The van der Waals surface area contributed by atoms with E-state index in [1.54, 1.807) is 0 Å². The van der Waals surface area contributed by atoms with E-state index in [2.05, 4.69) is 17.5 Å². The van der Waals surface area contributed by atoms with E-state index >= 15 is 0 Å². The van der Waals surface area contributed by atoms with Gasteiger partial charge in [0.2, 0.25) is 5.91 Å². The lowest BCUT2D eigenvalue weighted by Gasteiger charge is -2.17. The summed E-state index contributed by atoms with van der Waals surface area (Å²) < 4.78 is 0. The maximum atomic E-state index is 12.8. The second-order valence-electron chi connectivity index (χ2n) is 6.73. The van der Waals surface area contributed by atoms with Gasteiger partial charge in [-0.05, 0) is 62.8 Å². The topological polar surface area (TPSA) is 65.8 Å². The van der Waals surface area contributed by atoms with Crippen LogP contribution in [0.15, 0.2) is 29.3 Å². The van der Waals surface area contributed by atoms with Gasteiger partial charge in [0, 0.05) is 11.4 Å². The molecular formula is C21H23N3OS. The number of thioether (sulfide) groups is 1. The minimum atomic E-state index is -0.283. The summed E-state index contributed by atoms with van der Waals surface area (Å²) in [6, 6.07) is 10.2. The van der Waals surface area contributed by atoms with Crippen molar-refractivity contribution < 1.29 is 4.79 Å². The van der Waals surface area contributed by atoms with Crippen molar-refractivity contribution >= 4 is 23.4 Å². The number of carbonyl (C=O) groups excluding carboxylic acids is 1. The maximum Gasteiger partial charge on any atom is 0.237 e. The van der Waals surface area contributed by atoms with E-state index in [0.29, 0.717) is 17.0 Å². The van der Waals surface area contributed by atoms with Crippen molar-refractivity contribution in [2.24, 2.45) is 0 Å². The highest BCUT2D eigenvalue weighted by Gasteiger charge is 2.23. The number of hydrogen-bond acceptors (Lipinski definition) is 4. The predicted molar refractivity (Wildman–Crippen MR) is 105 cm³/mol. The largest absolute Gasteiger partial charge is 0.325 e. The second kappa shape index (κ2) is 7.92. The SMILES string of the molecule is CCC(Sc1nc2c(cc1C#N)CCC2)C(=O)Nc1ccc(C)cc1C. The van der Waals surface area contributed by atoms with Crippen LogP contribution in [-0.2, 0) is 17.6 Å². The summed E-state index contributed by atoms with van der Waals surface area (Å²) in [6.45, 7) is 6.01. The van der Waals surface area contributed by atoms with Crippen LogP contribution in [0.4, 0.5) is 5.69 Å². The molecule has 0 spiro atoms. The van der Waals surface area contributed by atoms with Gasteiger partial charge in [-0.3, -0.25) is 4.79 Å². The molecule has 1 heterocycles. The Kier molecular flexibility index (Phi) is 5.63. The Bertz CT molecular complexity index is 886. The van der Waals surface area contributed by atoms with E-state index in [-0.39, 0.29) is 11.2 Å². The molecule has 3 rings (SSSR count). The highest BCUT2D eigenvalue weighted by Crippen LogP contribution is 2.32. The van der Waals surface area contributed by atoms with E-state index in [1.165, 1.54) is 22.9 Å². The molecule has 0 bridgehead atoms. The molecule has 4 nitrogen and oxygen atoms in total. The third-order valence-electron chi connectivity index (χ3n) is 4.69. The van der Waals surface area contributed by atoms with Gasteiger partial charge in [-0.25, -0.2) is 4.98 Å². The summed E-state index contributed by atoms with van der Waals surface area (Å²) in [5, 5.41) is 12.9. The Morgan fingerprint density at radius 3 is 2.85 bits per heavy atom. The molecule has 1 aliphatic carbocycles. The Labute approximate surface area is 159 Å². The summed E-state index contributed by atoms with van der Waals surface area (Å²) in [5.74, 6) is -0.0457. The molecular weight excluding hydrogens is 342 g/mol. The fourth-order valence-electron chi connectivity index (χ4n) is 3.25. The molecule has 0 fully saturated rings. The average Bonchev–Trinajstić information content (AvgIpc) is 3.08. The van der Waals surface area contributed by atoms with Gasteiger partial charge >= 0.3 is 0 Å². The van der Waals surface area contributed by atoms with Gasteiger partial charge in [0.15, 0.2) is 0 Å². The molecule has 1 aromatic heterocycles. The Hall–Kier alpha value is -2.32. The lowest BCUT2D eigenvalue weighted by atomic mass is 10.1. The van der Waals surface area contributed by atoms with E-state index in [9.17, 15) is 10.1 Å². The van der Waals surface area contributed by atoms with E-state index in [1.807, 2.05) is 39.0 Å². The van der Waals surface area contributed by atoms with Crippen LogP contribution >= 0.6 is 11.8 Å². The number of aromatic nitrogens is 1. The van der Waals surface area contributed by atoms with E-state index in [0.717, 1.165) is 36.2 Å². The zero-order valence-corrected chi connectivity index (χ0v) is 16.2. The zero-order valence-electron chi connectivity index (χ0n) is 15.4. The van der Waals surface area contributed by atoms with Crippen molar-refractivity contribution in [3.63, 3.8) is 0 Å². The molecule has 0 saturated carbocycles. The molecule has 26 heavy (non-hydrogen) atoms. The highest BCUT2D eigenvalue weighted by molar-refractivity contribution is 8.00. The van der Waals surface area contributed by atoms with Crippen LogP contribution < -0.4 is 5.32 Å². The number of pyridine rings is 1. The van der Waals surface area contributed by atoms with Crippen molar-refractivity contribution in [3.8, 4) is 6.07 Å². The molecule has 134 valence electrons. The first-order valence-electron chi connectivity index (χ1n) is 8.99. The lowest BCUT2D eigenvalue weighted by Crippen LogP contribution is -2.25.